The van der Waals surface area contributed by atoms with E-state index in [2.05, 4.69) is 36.1 Å². The summed E-state index contributed by atoms with van der Waals surface area (Å²) in [7, 11) is 1.49. The summed E-state index contributed by atoms with van der Waals surface area (Å²) in [6.45, 7) is 11.6. The van der Waals surface area contributed by atoms with Gasteiger partial charge in [0.15, 0.2) is 0 Å². The van der Waals surface area contributed by atoms with E-state index in [1.54, 1.807) is 6.07 Å². The SMILES string of the molecule is Cc1cccc(CN(C)Cc2cc(F)cc(B3OC(C)(C)C(C)(C)O3)c2)c1. The molecule has 0 radical (unpaired) electrons. The van der Waals surface area contributed by atoms with Crippen molar-refractivity contribution in [2.24, 2.45) is 0 Å². The molecule has 2 aromatic rings. The topological polar surface area (TPSA) is 21.7 Å². The highest BCUT2D eigenvalue weighted by Gasteiger charge is 2.51. The van der Waals surface area contributed by atoms with Gasteiger partial charge in [0.05, 0.1) is 11.2 Å². The van der Waals surface area contributed by atoms with Crippen molar-refractivity contribution in [2.45, 2.75) is 58.9 Å². The highest BCUT2D eigenvalue weighted by molar-refractivity contribution is 6.62. The van der Waals surface area contributed by atoms with Crippen LogP contribution < -0.4 is 5.46 Å². The molecular formula is C22H29BFNO2. The number of hydrogen-bond donors (Lipinski definition) is 0. The van der Waals surface area contributed by atoms with Gasteiger partial charge in [-0.3, -0.25) is 4.90 Å². The second-order valence-electron chi connectivity index (χ2n) is 8.64. The van der Waals surface area contributed by atoms with Gasteiger partial charge in [0, 0.05) is 13.1 Å². The molecule has 1 fully saturated rings. The summed E-state index contributed by atoms with van der Waals surface area (Å²) < 4.78 is 26.4. The van der Waals surface area contributed by atoms with Crippen molar-refractivity contribution < 1.29 is 13.7 Å². The van der Waals surface area contributed by atoms with Crippen LogP contribution in [0.1, 0.15) is 44.4 Å². The Morgan fingerprint density at radius 1 is 0.926 bits per heavy atom. The fourth-order valence-corrected chi connectivity index (χ4v) is 3.37. The van der Waals surface area contributed by atoms with Gasteiger partial charge in [-0.15, -0.1) is 0 Å². The van der Waals surface area contributed by atoms with Crippen LogP contribution in [0.4, 0.5) is 4.39 Å². The van der Waals surface area contributed by atoms with Crippen LogP contribution in [0.5, 0.6) is 0 Å². The van der Waals surface area contributed by atoms with E-state index in [9.17, 15) is 4.39 Å². The Kier molecular flexibility index (Phi) is 5.48. The summed E-state index contributed by atoms with van der Waals surface area (Å²) in [5.41, 5.74) is 3.26. The molecule has 0 aromatic heterocycles. The molecule has 1 heterocycles. The Bertz CT molecular complexity index is 806. The summed E-state index contributed by atoms with van der Waals surface area (Å²) in [6.07, 6.45) is 0. The molecule has 27 heavy (non-hydrogen) atoms. The first-order valence-corrected chi connectivity index (χ1v) is 9.45. The van der Waals surface area contributed by atoms with Crippen molar-refractivity contribution in [3.63, 3.8) is 0 Å². The smallest absolute Gasteiger partial charge is 0.399 e. The van der Waals surface area contributed by atoms with Crippen LogP contribution in [0.3, 0.4) is 0 Å². The number of aryl methyl sites for hydroxylation is 1. The lowest BCUT2D eigenvalue weighted by Gasteiger charge is -2.32. The Morgan fingerprint density at radius 3 is 2.19 bits per heavy atom. The maximum atomic E-state index is 14.3. The Labute approximate surface area is 162 Å². The van der Waals surface area contributed by atoms with Crippen molar-refractivity contribution >= 4 is 12.6 Å². The molecule has 0 saturated carbocycles. The van der Waals surface area contributed by atoms with Crippen LogP contribution in [-0.2, 0) is 22.4 Å². The average molecular weight is 369 g/mol. The molecule has 0 bridgehead atoms. The fraction of sp³-hybridized carbons (Fsp3) is 0.455. The molecule has 0 spiro atoms. The molecule has 0 amide bonds. The Morgan fingerprint density at radius 2 is 1.56 bits per heavy atom. The largest absolute Gasteiger partial charge is 0.494 e. The van der Waals surface area contributed by atoms with Crippen molar-refractivity contribution in [1.29, 1.82) is 0 Å². The number of rotatable bonds is 5. The molecule has 2 aromatic carbocycles. The summed E-state index contributed by atoms with van der Waals surface area (Å²) in [4.78, 5) is 2.18. The summed E-state index contributed by atoms with van der Waals surface area (Å²) in [5, 5.41) is 0. The highest BCUT2D eigenvalue weighted by atomic mass is 19.1. The molecule has 144 valence electrons. The lowest BCUT2D eigenvalue weighted by molar-refractivity contribution is 0.00578. The second kappa shape index (κ2) is 7.38. The average Bonchev–Trinajstić information content (AvgIpc) is 2.74. The molecule has 5 heteroatoms. The van der Waals surface area contributed by atoms with Crippen molar-refractivity contribution in [1.82, 2.24) is 4.90 Å². The predicted molar refractivity (Wildman–Crippen MR) is 108 cm³/mol. The Balaban J connectivity index is 1.74. The predicted octanol–water partition coefficient (Wildman–Crippen LogP) is 4.07. The van der Waals surface area contributed by atoms with E-state index in [-0.39, 0.29) is 5.82 Å². The first-order chi connectivity index (χ1) is 12.6. The molecule has 3 nitrogen and oxygen atoms in total. The van der Waals surface area contributed by atoms with Crippen LogP contribution in [0.15, 0.2) is 42.5 Å². The monoisotopic (exact) mass is 369 g/mol. The van der Waals surface area contributed by atoms with E-state index in [0.717, 1.165) is 17.6 Å². The number of nitrogens with zero attached hydrogens (tertiary/aromatic N) is 1. The molecule has 1 saturated heterocycles. The molecule has 0 aliphatic carbocycles. The zero-order valence-electron chi connectivity index (χ0n) is 17.2. The van der Waals surface area contributed by atoms with Gasteiger partial charge in [0.25, 0.3) is 0 Å². The van der Waals surface area contributed by atoms with E-state index in [0.29, 0.717) is 6.54 Å². The van der Waals surface area contributed by atoms with Crippen LogP contribution in [0, 0.1) is 12.7 Å². The molecule has 1 aliphatic heterocycles. The number of halogens is 1. The number of benzene rings is 2. The van der Waals surface area contributed by atoms with Crippen LogP contribution >= 0.6 is 0 Å². The zero-order valence-corrected chi connectivity index (χ0v) is 17.2. The molecule has 0 atom stereocenters. The highest BCUT2D eigenvalue weighted by Crippen LogP contribution is 2.36. The van der Waals surface area contributed by atoms with Crippen molar-refractivity contribution in [3.8, 4) is 0 Å². The van der Waals surface area contributed by atoms with E-state index in [1.807, 2.05) is 40.8 Å². The quantitative estimate of drug-likeness (QED) is 0.742. The molecule has 3 rings (SSSR count). The van der Waals surface area contributed by atoms with E-state index in [1.165, 1.54) is 17.2 Å². The first kappa shape index (κ1) is 20.1. The van der Waals surface area contributed by atoms with Gasteiger partial charge in [-0.05, 0) is 70.4 Å². The lowest BCUT2D eigenvalue weighted by atomic mass is 9.78. The zero-order chi connectivity index (χ0) is 19.8. The lowest BCUT2D eigenvalue weighted by Crippen LogP contribution is -2.41. The van der Waals surface area contributed by atoms with Crippen LogP contribution in [-0.4, -0.2) is 30.3 Å². The fourth-order valence-electron chi connectivity index (χ4n) is 3.37. The second-order valence-corrected chi connectivity index (χ2v) is 8.64. The molecule has 0 unspecified atom stereocenters. The van der Waals surface area contributed by atoms with Crippen LogP contribution in [0.25, 0.3) is 0 Å². The third-order valence-electron chi connectivity index (χ3n) is 5.49. The number of hydrogen-bond acceptors (Lipinski definition) is 3. The third-order valence-corrected chi connectivity index (χ3v) is 5.49. The van der Waals surface area contributed by atoms with E-state index >= 15 is 0 Å². The van der Waals surface area contributed by atoms with Gasteiger partial charge in [-0.25, -0.2) is 4.39 Å². The van der Waals surface area contributed by atoms with Crippen LogP contribution in [0.2, 0.25) is 0 Å². The minimum Gasteiger partial charge on any atom is -0.399 e. The van der Waals surface area contributed by atoms with Crippen molar-refractivity contribution in [3.05, 3.63) is 65.0 Å². The summed E-state index contributed by atoms with van der Waals surface area (Å²) in [5.74, 6) is -0.263. The van der Waals surface area contributed by atoms with E-state index in [4.69, 9.17) is 9.31 Å². The maximum absolute atomic E-state index is 14.3. The van der Waals surface area contributed by atoms with Gasteiger partial charge in [-0.1, -0.05) is 35.9 Å². The van der Waals surface area contributed by atoms with E-state index < -0.39 is 18.3 Å². The van der Waals surface area contributed by atoms with Gasteiger partial charge in [0.2, 0.25) is 0 Å². The minimum absolute atomic E-state index is 0.263. The molecule has 0 N–H and O–H groups in total. The maximum Gasteiger partial charge on any atom is 0.494 e. The normalized spacial score (nSPS) is 18.3. The summed E-state index contributed by atoms with van der Waals surface area (Å²) >= 11 is 0. The first-order valence-electron chi connectivity index (χ1n) is 9.45. The molecular weight excluding hydrogens is 340 g/mol. The standard InChI is InChI=1S/C22H29BFNO2/c1-16-8-7-9-17(10-16)14-25(6)15-18-11-19(13-20(24)12-18)23-26-21(2,3)22(4,5)27-23/h7-13H,14-15H2,1-6H3. The van der Waals surface area contributed by atoms with Gasteiger partial charge < -0.3 is 9.31 Å². The van der Waals surface area contributed by atoms with Gasteiger partial charge in [-0.2, -0.15) is 0 Å². The molecule has 1 aliphatic rings. The minimum atomic E-state index is -0.550. The Hall–Kier alpha value is -1.69. The van der Waals surface area contributed by atoms with Gasteiger partial charge >= 0.3 is 7.12 Å². The third kappa shape index (κ3) is 4.60. The van der Waals surface area contributed by atoms with Crippen molar-refractivity contribution in [2.75, 3.05) is 7.05 Å². The van der Waals surface area contributed by atoms with Gasteiger partial charge in [0.1, 0.15) is 5.82 Å². The summed E-state index contributed by atoms with van der Waals surface area (Å²) in [6, 6.07) is 13.5.